The number of pyridine rings is 1. The van der Waals surface area contributed by atoms with Gasteiger partial charge in [-0.05, 0) is 45.7 Å². The van der Waals surface area contributed by atoms with Crippen molar-refractivity contribution in [3.8, 4) is 5.88 Å². The molecule has 7 heteroatoms. The van der Waals surface area contributed by atoms with E-state index in [-0.39, 0.29) is 23.5 Å². The van der Waals surface area contributed by atoms with Gasteiger partial charge in [0.05, 0.1) is 7.11 Å². The smallest absolute Gasteiger partial charge is 0.410 e. The van der Waals surface area contributed by atoms with Crippen molar-refractivity contribution in [2.45, 2.75) is 45.3 Å². The van der Waals surface area contributed by atoms with Crippen LogP contribution < -0.4 is 10.1 Å². The molecule has 0 unspecified atom stereocenters. The van der Waals surface area contributed by atoms with E-state index < -0.39 is 5.60 Å². The molecule has 1 saturated heterocycles. The third kappa shape index (κ3) is 3.70. The highest BCUT2D eigenvalue weighted by Gasteiger charge is 2.54. The molecule has 0 radical (unpaired) electrons. The van der Waals surface area contributed by atoms with Gasteiger partial charge in [-0.25, -0.2) is 9.78 Å². The molecular formula is C18H25N3O4. The second-order valence-electron chi connectivity index (χ2n) is 7.98. The number of methoxy groups -OCH3 is 1. The van der Waals surface area contributed by atoms with E-state index in [0.717, 1.165) is 12.8 Å². The molecule has 0 bridgehead atoms. The van der Waals surface area contributed by atoms with E-state index in [9.17, 15) is 9.59 Å². The number of carbonyl (C=O) groups excluding carboxylic acids is 2. The Labute approximate surface area is 147 Å². The molecule has 2 heterocycles. The van der Waals surface area contributed by atoms with Gasteiger partial charge in [-0.3, -0.25) is 4.79 Å². The maximum atomic E-state index is 12.4. The van der Waals surface area contributed by atoms with E-state index in [1.807, 2.05) is 20.8 Å². The van der Waals surface area contributed by atoms with Gasteiger partial charge in [0.1, 0.15) is 11.2 Å². The van der Waals surface area contributed by atoms with Crippen molar-refractivity contribution in [3.63, 3.8) is 0 Å². The van der Waals surface area contributed by atoms with Gasteiger partial charge in [-0.15, -0.1) is 0 Å². The minimum Gasteiger partial charge on any atom is -0.480 e. The first-order valence-corrected chi connectivity index (χ1v) is 8.49. The molecule has 1 aromatic rings. The average Bonchev–Trinajstić information content (AvgIpc) is 2.46. The molecule has 2 amide bonds. The minimum absolute atomic E-state index is 0.123. The Morgan fingerprint density at radius 1 is 1.32 bits per heavy atom. The van der Waals surface area contributed by atoms with E-state index in [1.54, 1.807) is 23.2 Å². The van der Waals surface area contributed by atoms with Crippen molar-refractivity contribution in [1.82, 2.24) is 15.2 Å². The summed E-state index contributed by atoms with van der Waals surface area (Å²) in [5, 5.41) is 3.02. The van der Waals surface area contributed by atoms with E-state index >= 15 is 0 Å². The van der Waals surface area contributed by atoms with Crippen LogP contribution in [0.25, 0.3) is 0 Å². The zero-order chi connectivity index (χ0) is 18.2. The summed E-state index contributed by atoms with van der Waals surface area (Å²) in [6, 6.07) is 3.53. The highest BCUT2D eigenvalue weighted by Crippen LogP contribution is 2.48. The van der Waals surface area contributed by atoms with E-state index in [1.165, 1.54) is 7.11 Å². The van der Waals surface area contributed by atoms with Gasteiger partial charge in [-0.2, -0.15) is 0 Å². The average molecular weight is 347 g/mol. The molecule has 0 atom stereocenters. The molecule has 25 heavy (non-hydrogen) atoms. The molecule has 1 spiro atoms. The van der Waals surface area contributed by atoms with Crippen LogP contribution in [0.1, 0.15) is 44.0 Å². The van der Waals surface area contributed by atoms with Crippen LogP contribution in [-0.2, 0) is 4.74 Å². The van der Waals surface area contributed by atoms with Gasteiger partial charge in [-0.1, -0.05) is 0 Å². The molecular weight excluding hydrogens is 322 g/mol. The molecule has 2 aliphatic rings. The Morgan fingerprint density at radius 3 is 2.60 bits per heavy atom. The summed E-state index contributed by atoms with van der Waals surface area (Å²) in [5.41, 5.74) is 0.0991. The number of amides is 2. The van der Waals surface area contributed by atoms with Crippen LogP contribution in [0.4, 0.5) is 4.79 Å². The normalized spacial score (nSPS) is 19.0. The zero-order valence-corrected chi connectivity index (χ0v) is 15.2. The predicted molar refractivity (Wildman–Crippen MR) is 91.5 cm³/mol. The zero-order valence-electron chi connectivity index (χ0n) is 15.2. The van der Waals surface area contributed by atoms with Crippen LogP contribution in [0.2, 0.25) is 0 Å². The van der Waals surface area contributed by atoms with Gasteiger partial charge < -0.3 is 19.7 Å². The first-order valence-electron chi connectivity index (χ1n) is 8.49. The molecule has 3 rings (SSSR count). The molecule has 1 aromatic heterocycles. The highest BCUT2D eigenvalue weighted by molar-refractivity contribution is 5.96. The number of ether oxygens (including phenoxy) is 2. The van der Waals surface area contributed by atoms with Gasteiger partial charge in [0.2, 0.25) is 5.88 Å². The van der Waals surface area contributed by atoms with Crippen LogP contribution in [0.15, 0.2) is 18.3 Å². The summed E-state index contributed by atoms with van der Waals surface area (Å²) in [6.45, 7) is 6.99. The number of hydrogen-bond acceptors (Lipinski definition) is 5. The summed E-state index contributed by atoms with van der Waals surface area (Å²) in [7, 11) is 1.50. The number of likely N-dealkylation sites (tertiary alicyclic amines) is 1. The standard InChI is InChI=1S/C18H25N3O4/c1-17(2,3)25-16(23)21-10-18(11-21)8-12(9-18)20-14(22)13-6-5-7-19-15(13)24-4/h5-7,12H,8-11H2,1-4H3,(H,20,22). The first kappa shape index (κ1) is 17.5. The lowest BCUT2D eigenvalue weighted by Gasteiger charge is -2.58. The van der Waals surface area contributed by atoms with Gasteiger partial charge in [0.15, 0.2) is 0 Å². The first-order chi connectivity index (χ1) is 11.7. The van der Waals surface area contributed by atoms with E-state index in [0.29, 0.717) is 24.5 Å². The molecule has 136 valence electrons. The lowest BCUT2D eigenvalue weighted by molar-refractivity contribution is -0.0812. The molecule has 2 fully saturated rings. The van der Waals surface area contributed by atoms with Crippen molar-refractivity contribution in [2.24, 2.45) is 5.41 Å². The summed E-state index contributed by atoms with van der Waals surface area (Å²) in [5.74, 6) is 0.155. The van der Waals surface area contributed by atoms with Crippen molar-refractivity contribution in [2.75, 3.05) is 20.2 Å². The number of nitrogens with zero attached hydrogens (tertiary/aromatic N) is 2. The second-order valence-corrected chi connectivity index (χ2v) is 7.98. The summed E-state index contributed by atoms with van der Waals surface area (Å²) in [6.07, 6.45) is 3.08. The summed E-state index contributed by atoms with van der Waals surface area (Å²) < 4.78 is 10.5. The predicted octanol–water partition coefficient (Wildman–Crippen LogP) is 2.22. The lowest BCUT2D eigenvalue weighted by Crippen LogP contribution is -2.67. The van der Waals surface area contributed by atoms with Gasteiger partial charge >= 0.3 is 6.09 Å². The molecule has 1 aliphatic heterocycles. The van der Waals surface area contributed by atoms with Gasteiger partial charge in [0, 0.05) is 30.7 Å². The number of rotatable bonds is 3. The van der Waals surface area contributed by atoms with E-state index in [4.69, 9.17) is 9.47 Å². The van der Waals surface area contributed by atoms with Crippen LogP contribution >= 0.6 is 0 Å². The fourth-order valence-electron chi connectivity index (χ4n) is 3.55. The maximum absolute atomic E-state index is 12.4. The van der Waals surface area contributed by atoms with Crippen molar-refractivity contribution in [3.05, 3.63) is 23.9 Å². The summed E-state index contributed by atoms with van der Waals surface area (Å²) in [4.78, 5) is 30.1. The topological polar surface area (TPSA) is 80.8 Å². The Hall–Kier alpha value is -2.31. The van der Waals surface area contributed by atoms with Crippen molar-refractivity contribution >= 4 is 12.0 Å². The monoisotopic (exact) mass is 347 g/mol. The minimum atomic E-state index is -0.473. The van der Waals surface area contributed by atoms with Crippen LogP contribution in [0, 0.1) is 5.41 Å². The Bertz CT molecular complexity index is 669. The van der Waals surface area contributed by atoms with Crippen molar-refractivity contribution in [1.29, 1.82) is 0 Å². The van der Waals surface area contributed by atoms with Crippen molar-refractivity contribution < 1.29 is 19.1 Å². The lowest BCUT2D eigenvalue weighted by atomic mass is 9.60. The molecule has 1 N–H and O–H groups in total. The fraction of sp³-hybridized carbons (Fsp3) is 0.611. The third-order valence-corrected chi connectivity index (χ3v) is 4.61. The molecule has 0 aromatic carbocycles. The number of hydrogen-bond donors (Lipinski definition) is 1. The fourth-order valence-corrected chi connectivity index (χ4v) is 3.55. The maximum Gasteiger partial charge on any atom is 0.410 e. The second kappa shape index (κ2) is 6.20. The molecule has 1 saturated carbocycles. The summed E-state index contributed by atoms with van der Waals surface area (Å²) >= 11 is 0. The quantitative estimate of drug-likeness (QED) is 0.907. The number of carbonyl (C=O) groups is 2. The Morgan fingerprint density at radius 2 is 2.00 bits per heavy atom. The Kier molecular flexibility index (Phi) is 4.34. The SMILES string of the molecule is COc1ncccc1C(=O)NC1CC2(C1)CN(C(=O)OC(C)(C)C)C2. The highest BCUT2D eigenvalue weighted by atomic mass is 16.6. The molecule has 7 nitrogen and oxygen atoms in total. The third-order valence-electron chi connectivity index (χ3n) is 4.61. The van der Waals surface area contributed by atoms with Crippen LogP contribution in [0.5, 0.6) is 5.88 Å². The number of nitrogens with one attached hydrogen (secondary N) is 1. The molecule has 1 aliphatic carbocycles. The largest absolute Gasteiger partial charge is 0.480 e. The van der Waals surface area contributed by atoms with Crippen LogP contribution in [0.3, 0.4) is 0 Å². The number of aromatic nitrogens is 1. The van der Waals surface area contributed by atoms with Gasteiger partial charge in [0.25, 0.3) is 5.91 Å². The Balaban J connectivity index is 1.46. The van der Waals surface area contributed by atoms with Crippen LogP contribution in [-0.4, -0.2) is 53.7 Å². The van der Waals surface area contributed by atoms with E-state index in [2.05, 4.69) is 10.3 Å².